The van der Waals surface area contributed by atoms with E-state index < -0.39 is 35.4 Å². The Labute approximate surface area is 140 Å². The van der Waals surface area contributed by atoms with Gasteiger partial charge in [-0.05, 0) is 12.1 Å². The molecule has 0 spiro atoms. The fourth-order valence-electron chi connectivity index (χ4n) is 2.00. The van der Waals surface area contributed by atoms with Gasteiger partial charge in [-0.2, -0.15) is 18.3 Å². The van der Waals surface area contributed by atoms with Crippen molar-refractivity contribution in [2.24, 2.45) is 5.73 Å². The molecule has 1 aromatic carbocycles. The van der Waals surface area contributed by atoms with Crippen LogP contribution in [0.5, 0.6) is 0 Å². The molecule has 1 atom stereocenters. The van der Waals surface area contributed by atoms with E-state index in [9.17, 15) is 22.8 Å². The van der Waals surface area contributed by atoms with Gasteiger partial charge in [0.25, 0.3) is 5.91 Å². The van der Waals surface area contributed by atoms with Gasteiger partial charge < -0.3 is 15.8 Å². The summed E-state index contributed by atoms with van der Waals surface area (Å²) in [4.78, 5) is 23.3. The number of nitrogens with zero attached hydrogens (tertiary/aromatic N) is 2. The summed E-state index contributed by atoms with van der Waals surface area (Å²) < 4.78 is 44.8. The van der Waals surface area contributed by atoms with E-state index in [1.165, 1.54) is 0 Å². The first-order valence-corrected chi connectivity index (χ1v) is 7.08. The molecule has 1 amide bonds. The molecule has 0 saturated carbocycles. The summed E-state index contributed by atoms with van der Waals surface area (Å²) in [5.74, 6) is -1.84. The number of carbonyl (C=O) groups is 2. The highest BCUT2D eigenvalue weighted by molar-refractivity contribution is 5.95. The molecule has 0 unspecified atom stereocenters. The highest BCUT2D eigenvalue weighted by atomic mass is 19.4. The number of alkyl halides is 3. The van der Waals surface area contributed by atoms with E-state index >= 15 is 0 Å². The van der Waals surface area contributed by atoms with E-state index in [0.29, 0.717) is 5.69 Å². The van der Waals surface area contributed by atoms with Gasteiger partial charge in [0.1, 0.15) is 6.04 Å². The minimum Gasteiger partial charge on any atom is -0.468 e. The van der Waals surface area contributed by atoms with Crippen LogP contribution in [0.3, 0.4) is 0 Å². The third-order valence-electron chi connectivity index (χ3n) is 3.23. The number of para-hydroxylation sites is 1. The number of aromatic nitrogens is 2. The molecule has 0 bridgehead atoms. The lowest BCUT2D eigenvalue weighted by atomic mass is 10.2. The molecule has 2 rings (SSSR count). The van der Waals surface area contributed by atoms with Crippen LogP contribution in [0.1, 0.15) is 16.1 Å². The van der Waals surface area contributed by atoms with Gasteiger partial charge in [0, 0.05) is 12.7 Å². The number of rotatable bonds is 5. The van der Waals surface area contributed by atoms with E-state index in [4.69, 9.17) is 5.73 Å². The van der Waals surface area contributed by atoms with E-state index in [1.807, 2.05) is 0 Å². The van der Waals surface area contributed by atoms with Crippen molar-refractivity contribution in [3.05, 3.63) is 47.8 Å². The van der Waals surface area contributed by atoms with Gasteiger partial charge in [0.2, 0.25) is 0 Å². The predicted molar refractivity (Wildman–Crippen MR) is 80.9 cm³/mol. The maximum absolute atomic E-state index is 13.2. The molecule has 0 aliphatic carbocycles. The third-order valence-corrected chi connectivity index (χ3v) is 3.23. The second-order valence-corrected chi connectivity index (χ2v) is 5.01. The summed E-state index contributed by atoms with van der Waals surface area (Å²) in [5.41, 5.74) is 3.80. The van der Waals surface area contributed by atoms with E-state index in [0.717, 1.165) is 18.0 Å². The summed E-state index contributed by atoms with van der Waals surface area (Å²) >= 11 is 0. The number of amides is 1. The van der Waals surface area contributed by atoms with E-state index in [2.05, 4.69) is 15.2 Å². The van der Waals surface area contributed by atoms with Crippen LogP contribution in [0.4, 0.5) is 13.2 Å². The van der Waals surface area contributed by atoms with E-state index in [-0.39, 0.29) is 6.54 Å². The summed E-state index contributed by atoms with van der Waals surface area (Å²) in [5, 5.41) is 5.63. The molecule has 7 nitrogen and oxygen atoms in total. The lowest BCUT2D eigenvalue weighted by Crippen LogP contribution is -2.43. The first kappa shape index (κ1) is 18.5. The zero-order chi connectivity index (χ0) is 18.6. The van der Waals surface area contributed by atoms with Crippen LogP contribution in [0.2, 0.25) is 0 Å². The van der Waals surface area contributed by atoms with Crippen molar-refractivity contribution in [1.82, 2.24) is 15.1 Å². The number of nitrogens with two attached hydrogens (primary N) is 1. The number of nitrogens with one attached hydrogen (secondary N) is 1. The second-order valence-electron chi connectivity index (χ2n) is 5.01. The molecule has 134 valence electrons. The van der Waals surface area contributed by atoms with Crippen molar-refractivity contribution in [1.29, 1.82) is 0 Å². The molecule has 25 heavy (non-hydrogen) atoms. The molecule has 2 aromatic rings. The second kappa shape index (κ2) is 7.34. The summed E-state index contributed by atoms with van der Waals surface area (Å²) in [6.45, 7) is -0.376. The number of ether oxygens (including phenoxy) is 1. The van der Waals surface area contributed by atoms with Crippen molar-refractivity contribution >= 4 is 11.9 Å². The van der Waals surface area contributed by atoms with Gasteiger partial charge in [0.15, 0.2) is 5.69 Å². The van der Waals surface area contributed by atoms with Gasteiger partial charge in [0.05, 0.1) is 18.4 Å². The normalized spacial score (nSPS) is 12.5. The SMILES string of the molecule is COC(=O)[C@H](N)CNC(=O)c1cn(-c2ccccc2)nc1C(F)(F)F. The Balaban J connectivity index is 2.28. The van der Waals surface area contributed by atoms with Crippen molar-refractivity contribution < 1.29 is 27.5 Å². The van der Waals surface area contributed by atoms with Crippen molar-refractivity contribution in [2.75, 3.05) is 13.7 Å². The van der Waals surface area contributed by atoms with Crippen LogP contribution >= 0.6 is 0 Å². The Morgan fingerprint density at radius 2 is 1.96 bits per heavy atom. The van der Waals surface area contributed by atoms with Crippen molar-refractivity contribution in [3.8, 4) is 5.69 Å². The quantitative estimate of drug-likeness (QED) is 0.782. The smallest absolute Gasteiger partial charge is 0.435 e. The van der Waals surface area contributed by atoms with Gasteiger partial charge >= 0.3 is 12.1 Å². The Kier molecular flexibility index (Phi) is 5.42. The minimum atomic E-state index is -4.82. The molecule has 3 N–H and O–H groups in total. The number of methoxy groups -OCH3 is 1. The predicted octanol–water partition coefficient (Wildman–Crippen LogP) is 1.12. The lowest BCUT2D eigenvalue weighted by Gasteiger charge is -2.11. The third kappa shape index (κ3) is 4.35. The van der Waals surface area contributed by atoms with Gasteiger partial charge in [-0.15, -0.1) is 0 Å². The van der Waals surface area contributed by atoms with Crippen LogP contribution in [-0.4, -0.2) is 41.4 Å². The molecule has 10 heteroatoms. The molecule has 0 aliphatic rings. The monoisotopic (exact) mass is 356 g/mol. The molecule has 1 heterocycles. The van der Waals surface area contributed by atoms with Crippen LogP contribution in [0.25, 0.3) is 5.69 Å². The first-order valence-electron chi connectivity index (χ1n) is 7.08. The van der Waals surface area contributed by atoms with E-state index in [1.54, 1.807) is 30.3 Å². The Morgan fingerprint density at radius 3 is 2.52 bits per heavy atom. The molecule has 0 radical (unpaired) electrons. The average Bonchev–Trinajstić information content (AvgIpc) is 3.05. The number of hydrogen-bond donors (Lipinski definition) is 2. The molecule has 1 aromatic heterocycles. The number of halogens is 3. The fraction of sp³-hybridized carbons (Fsp3) is 0.267. The highest BCUT2D eigenvalue weighted by Gasteiger charge is 2.39. The van der Waals surface area contributed by atoms with Crippen LogP contribution < -0.4 is 11.1 Å². The number of carbonyl (C=O) groups excluding carboxylic acids is 2. The van der Waals surface area contributed by atoms with Crippen molar-refractivity contribution in [3.63, 3.8) is 0 Å². The highest BCUT2D eigenvalue weighted by Crippen LogP contribution is 2.31. The maximum Gasteiger partial charge on any atom is 0.435 e. The van der Waals surface area contributed by atoms with Gasteiger partial charge in [-0.1, -0.05) is 18.2 Å². The van der Waals surface area contributed by atoms with Crippen LogP contribution in [0.15, 0.2) is 36.5 Å². The molecule has 0 aliphatic heterocycles. The lowest BCUT2D eigenvalue weighted by molar-refractivity contribution is -0.142. The summed E-state index contributed by atoms with van der Waals surface area (Å²) in [6.07, 6.45) is -3.85. The average molecular weight is 356 g/mol. The fourth-order valence-corrected chi connectivity index (χ4v) is 2.00. The molecule has 0 saturated heterocycles. The number of esters is 1. The summed E-state index contributed by atoms with van der Waals surface area (Å²) in [7, 11) is 1.11. The number of hydrogen-bond acceptors (Lipinski definition) is 5. The zero-order valence-corrected chi connectivity index (χ0v) is 13.1. The zero-order valence-electron chi connectivity index (χ0n) is 13.1. The van der Waals surface area contributed by atoms with Crippen molar-refractivity contribution in [2.45, 2.75) is 12.2 Å². The summed E-state index contributed by atoms with van der Waals surface area (Å²) in [6, 6.07) is 6.84. The topological polar surface area (TPSA) is 99.2 Å². The Morgan fingerprint density at radius 1 is 1.32 bits per heavy atom. The minimum absolute atomic E-state index is 0.360. The molecular formula is C15H15F3N4O3. The van der Waals surface area contributed by atoms with Gasteiger partial charge in [-0.3, -0.25) is 9.59 Å². The van der Waals surface area contributed by atoms with Crippen LogP contribution in [0, 0.1) is 0 Å². The largest absolute Gasteiger partial charge is 0.468 e. The standard InChI is InChI=1S/C15H15F3N4O3/c1-25-14(24)11(19)7-20-13(23)10-8-22(9-5-3-2-4-6-9)21-12(10)15(16,17)18/h2-6,8,11H,7,19H2,1H3,(H,20,23)/t11-/m1/s1. The first-order chi connectivity index (χ1) is 11.7. The Bertz CT molecular complexity index is 759. The van der Waals surface area contributed by atoms with Gasteiger partial charge in [-0.25, -0.2) is 4.68 Å². The maximum atomic E-state index is 13.2. The molecular weight excluding hydrogens is 341 g/mol. The Hall–Kier alpha value is -2.88. The van der Waals surface area contributed by atoms with Crippen LogP contribution in [-0.2, 0) is 15.7 Å². The number of benzene rings is 1. The molecule has 0 fully saturated rings.